The third-order valence-corrected chi connectivity index (χ3v) is 4.14. The minimum atomic E-state index is -1.12. The second kappa shape index (κ2) is 8.98. The Morgan fingerprint density at radius 3 is 2.65 bits per heavy atom. The summed E-state index contributed by atoms with van der Waals surface area (Å²) < 4.78 is 6.04. The quantitative estimate of drug-likeness (QED) is 0.588. The van der Waals surface area contributed by atoms with Gasteiger partial charge in [0, 0.05) is 9.50 Å². The molecule has 0 aliphatic heterocycles. The van der Waals surface area contributed by atoms with E-state index in [0.29, 0.717) is 15.2 Å². The number of rotatable bonds is 5. The molecular formula is C17H14BrClN2O4S. The second-order valence-corrected chi connectivity index (χ2v) is 6.96. The van der Waals surface area contributed by atoms with Crippen LogP contribution in [-0.2, 0) is 4.79 Å². The number of hydrogen-bond acceptors (Lipinski definition) is 4. The molecule has 1 amide bonds. The highest BCUT2D eigenvalue weighted by atomic mass is 79.9. The summed E-state index contributed by atoms with van der Waals surface area (Å²) in [5.41, 5.74) is 1.08. The van der Waals surface area contributed by atoms with Gasteiger partial charge in [0.25, 0.3) is 5.91 Å². The molecule has 3 N–H and O–H groups in total. The third kappa shape index (κ3) is 5.69. The minimum Gasteiger partial charge on any atom is -0.483 e. The van der Waals surface area contributed by atoms with Crippen LogP contribution in [0.25, 0.3) is 0 Å². The first kappa shape index (κ1) is 20.2. The van der Waals surface area contributed by atoms with Crippen molar-refractivity contribution in [3.8, 4) is 5.75 Å². The zero-order valence-electron chi connectivity index (χ0n) is 13.5. The third-order valence-electron chi connectivity index (χ3n) is 3.21. The maximum absolute atomic E-state index is 12.0. The maximum Gasteiger partial charge on any atom is 0.337 e. The van der Waals surface area contributed by atoms with Gasteiger partial charge in [-0.2, -0.15) is 0 Å². The SMILES string of the molecule is Cc1cc(Cl)ccc1OCC(=O)NC(=S)Nc1ccc(Br)cc1C(=O)O. The molecule has 0 fully saturated rings. The lowest BCUT2D eigenvalue weighted by molar-refractivity contribution is -0.121. The van der Waals surface area contributed by atoms with Crippen molar-refractivity contribution < 1.29 is 19.4 Å². The molecule has 0 bridgehead atoms. The van der Waals surface area contributed by atoms with Gasteiger partial charge in [-0.3, -0.25) is 10.1 Å². The van der Waals surface area contributed by atoms with Gasteiger partial charge < -0.3 is 15.2 Å². The van der Waals surface area contributed by atoms with Gasteiger partial charge in [0.2, 0.25) is 0 Å². The summed E-state index contributed by atoms with van der Waals surface area (Å²) in [6.07, 6.45) is 0. The normalized spacial score (nSPS) is 10.1. The van der Waals surface area contributed by atoms with Gasteiger partial charge in [0.15, 0.2) is 11.7 Å². The molecule has 136 valence electrons. The number of halogens is 2. The Kier molecular flexibility index (Phi) is 6.96. The number of carboxylic acid groups (broad SMARTS) is 1. The molecule has 0 aliphatic carbocycles. The molecule has 0 heterocycles. The molecule has 0 spiro atoms. The van der Waals surface area contributed by atoms with E-state index in [4.69, 9.17) is 28.6 Å². The molecule has 9 heteroatoms. The van der Waals surface area contributed by atoms with E-state index in [-0.39, 0.29) is 23.0 Å². The lowest BCUT2D eigenvalue weighted by Gasteiger charge is -2.13. The average molecular weight is 458 g/mol. The van der Waals surface area contributed by atoms with E-state index >= 15 is 0 Å². The molecule has 0 aliphatic rings. The summed E-state index contributed by atoms with van der Waals surface area (Å²) >= 11 is 14.1. The Bertz CT molecular complexity index is 876. The Labute approximate surface area is 168 Å². The predicted molar refractivity (Wildman–Crippen MR) is 107 cm³/mol. The van der Waals surface area contributed by atoms with E-state index in [1.165, 1.54) is 6.07 Å². The molecule has 0 unspecified atom stereocenters. The fourth-order valence-electron chi connectivity index (χ4n) is 2.04. The largest absolute Gasteiger partial charge is 0.483 e. The molecule has 0 saturated carbocycles. The molecule has 26 heavy (non-hydrogen) atoms. The minimum absolute atomic E-state index is 0.0176. The molecule has 2 aromatic carbocycles. The number of carbonyl (C=O) groups is 2. The van der Waals surface area contributed by atoms with Crippen molar-refractivity contribution in [1.82, 2.24) is 5.32 Å². The predicted octanol–water partition coefficient (Wildman–Crippen LogP) is 4.00. The molecule has 2 aromatic rings. The van der Waals surface area contributed by atoms with Crippen LogP contribution in [0.15, 0.2) is 40.9 Å². The van der Waals surface area contributed by atoms with Crippen molar-refractivity contribution >= 4 is 62.4 Å². The van der Waals surface area contributed by atoms with Gasteiger partial charge in [0.05, 0.1) is 11.3 Å². The maximum atomic E-state index is 12.0. The number of nitrogens with one attached hydrogen (secondary N) is 2. The summed E-state index contributed by atoms with van der Waals surface area (Å²) in [6.45, 7) is 1.56. The molecule has 2 rings (SSSR count). The van der Waals surface area contributed by atoms with Gasteiger partial charge in [-0.15, -0.1) is 0 Å². The zero-order valence-corrected chi connectivity index (χ0v) is 16.7. The molecule has 0 radical (unpaired) electrons. The van der Waals surface area contributed by atoms with Crippen molar-refractivity contribution in [3.63, 3.8) is 0 Å². The number of amides is 1. The van der Waals surface area contributed by atoms with Crippen molar-refractivity contribution in [3.05, 3.63) is 57.0 Å². The van der Waals surface area contributed by atoms with Gasteiger partial charge in [-0.25, -0.2) is 4.79 Å². The van der Waals surface area contributed by atoms with Crippen LogP contribution in [0.3, 0.4) is 0 Å². The van der Waals surface area contributed by atoms with E-state index in [9.17, 15) is 14.7 Å². The van der Waals surface area contributed by atoms with Crippen LogP contribution in [0.5, 0.6) is 5.75 Å². The van der Waals surface area contributed by atoms with Gasteiger partial charge in [0.1, 0.15) is 5.75 Å². The lowest BCUT2D eigenvalue weighted by atomic mass is 10.2. The molecule has 0 saturated heterocycles. The molecular weight excluding hydrogens is 444 g/mol. The van der Waals surface area contributed by atoms with Gasteiger partial charge in [-0.1, -0.05) is 27.5 Å². The second-order valence-electron chi connectivity index (χ2n) is 5.20. The Hall–Kier alpha value is -2.16. The van der Waals surface area contributed by atoms with Crippen molar-refractivity contribution in [1.29, 1.82) is 0 Å². The Morgan fingerprint density at radius 1 is 1.27 bits per heavy atom. The average Bonchev–Trinajstić information content (AvgIpc) is 2.55. The van der Waals surface area contributed by atoms with Crippen molar-refractivity contribution in [2.45, 2.75) is 6.92 Å². The standard InChI is InChI=1S/C17H14BrClN2O4S/c1-9-6-11(19)3-5-14(9)25-8-15(22)21-17(26)20-13-4-2-10(18)7-12(13)16(23)24/h2-7H,8H2,1H3,(H,23,24)(H2,20,21,22,26). The number of hydrogen-bond donors (Lipinski definition) is 3. The highest BCUT2D eigenvalue weighted by Crippen LogP contribution is 2.22. The molecule has 0 aromatic heterocycles. The number of carboxylic acids is 1. The van der Waals surface area contributed by atoms with Crippen molar-refractivity contribution in [2.75, 3.05) is 11.9 Å². The summed E-state index contributed by atoms with van der Waals surface area (Å²) in [7, 11) is 0. The summed E-state index contributed by atoms with van der Waals surface area (Å²) in [6, 6.07) is 9.69. The number of anilines is 1. The molecule has 0 atom stereocenters. The van der Waals surface area contributed by atoms with Gasteiger partial charge >= 0.3 is 5.97 Å². The number of benzene rings is 2. The van der Waals surface area contributed by atoms with Crippen LogP contribution >= 0.6 is 39.7 Å². The lowest BCUT2D eigenvalue weighted by Crippen LogP contribution is -2.37. The zero-order chi connectivity index (χ0) is 19.3. The van der Waals surface area contributed by atoms with E-state index in [1.807, 2.05) is 6.92 Å². The van der Waals surface area contributed by atoms with Crippen LogP contribution in [0, 0.1) is 6.92 Å². The highest BCUT2D eigenvalue weighted by molar-refractivity contribution is 9.10. The number of carbonyl (C=O) groups excluding carboxylic acids is 1. The van der Waals surface area contributed by atoms with Crippen LogP contribution in [0.1, 0.15) is 15.9 Å². The topological polar surface area (TPSA) is 87.7 Å². The molecule has 6 nitrogen and oxygen atoms in total. The number of aryl methyl sites for hydroxylation is 1. The summed E-state index contributed by atoms with van der Waals surface area (Å²) in [4.78, 5) is 23.2. The Balaban J connectivity index is 1.93. The first-order valence-electron chi connectivity index (χ1n) is 7.29. The van der Waals surface area contributed by atoms with Crippen LogP contribution in [0.2, 0.25) is 5.02 Å². The van der Waals surface area contributed by atoms with Gasteiger partial charge in [-0.05, 0) is 61.1 Å². The van der Waals surface area contributed by atoms with E-state index < -0.39 is 11.9 Å². The number of thiocarbonyl (C=S) groups is 1. The van der Waals surface area contributed by atoms with E-state index in [0.717, 1.165) is 5.56 Å². The summed E-state index contributed by atoms with van der Waals surface area (Å²) in [5.74, 6) is -1.07. The monoisotopic (exact) mass is 456 g/mol. The summed E-state index contributed by atoms with van der Waals surface area (Å²) in [5, 5.41) is 14.9. The van der Waals surface area contributed by atoms with E-state index in [2.05, 4.69) is 26.6 Å². The first-order valence-corrected chi connectivity index (χ1v) is 8.87. The van der Waals surface area contributed by atoms with Crippen LogP contribution in [0.4, 0.5) is 5.69 Å². The first-order chi connectivity index (χ1) is 12.3. The number of aromatic carboxylic acids is 1. The van der Waals surface area contributed by atoms with Crippen molar-refractivity contribution in [2.24, 2.45) is 0 Å². The van der Waals surface area contributed by atoms with E-state index in [1.54, 1.807) is 30.3 Å². The highest BCUT2D eigenvalue weighted by Gasteiger charge is 2.13. The fourth-order valence-corrected chi connectivity index (χ4v) is 2.85. The van der Waals surface area contributed by atoms with Crippen LogP contribution in [-0.4, -0.2) is 28.7 Å². The van der Waals surface area contributed by atoms with Crippen LogP contribution < -0.4 is 15.4 Å². The fraction of sp³-hybridized carbons (Fsp3) is 0.118. The number of ether oxygens (including phenoxy) is 1. The smallest absolute Gasteiger partial charge is 0.337 e. The Morgan fingerprint density at radius 2 is 2.00 bits per heavy atom.